The number of aromatic nitrogens is 4. The number of anilines is 1. The number of hydrogen-bond donors (Lipinski definition) is 1. The number of thiazole rings is 1. The van der Waals surface area contributed by atoms with Crippen molar-refractivity contribution < 1.29 is 4.79 Å². The molecule has 10 heteroatoms. The van der Waals surface area contributed by atoms with Crippen LogP contribution in [0.1, 0.15) is 23.8 Å². The van der Waals surface area contributed by atoms with E-state index < -0.39 is 0 Å². The van der Waals surface area contributed by atoms with Crippen LogP contribution in [-0.2, 0) is 11.3 Å². The van der Waals surface area contributed by atoms with Gasteiger partial charge in [-0.3, -0.25) is 4.79 Å². The lowest BCUT2D eigenvalue weighted by molar-refractivity contribution is -0.113. The largest absolute Gasteiger partial charge is 0.302 e. The standard InChI is InChI=1S/C22H22ClN5OS3/c1-4-9-28-20(17-10-30-14(3)13(17)2)26-27-22(28)32-12-19(29)25-21-24-18(11-31-21)15-5-7-16(23)8-6-15/h5-8,10-11H,4,9,12H2,1-3H3,(H,24,25,29). The minimum absolute atomic E-state index is 0.123. The molecular weight excluding hydrogens is 482 g/mol. The molecule has 4 rings (SSSR count). The smallest absolute Gasteiger partial charge is 0.236 e. The monoisotopic (exact) mass is 503 g/mol. The van der Waals surface area contributed by atoms with Gasteiger partial charge in [-0.05, 0) is 38.0 Å². The molecule has 0 unspecified atom stereocenters. The van der Waals surface area contributed by atoms with Crippen LogP contribution in [0.4, 0.5) is 5.13 Å². The highest BCUT2D eigenvalue weighted by atomic mass is 35.5. The van der Waals surface area contributed by atoms with Crippen molar-refractivity contribution >= 4 is 57.1 Å². The van der Waals surface area contributed by atoms with Crippen LogP contribution < -0.4 is 5.32 Å². The maximum Gasteiger partial charge on any atom is 0.236 e. The number of thiophene rings is 1. The van der Waals surface area contributed by atoms with Crippen molar-refractivity contribution in [3.63, 3.8) is 0 Å². The van der Waals surface area contributed by atoms with Crippen molar-refractivity contribution in [3.05, 3.63) is 50.5 Å². The summed E-state index contributed by atoms with van der Waals surface area (Å²) >= 11 is 10.5. The SMILES string of the molecule is CCCn1c(SCC(=O)Nc2nc(-c3ccc(Cl)cc3)cs2)nnc1-c1csc(C)c1C. The Labute approximate surface area is 204 Å². The van der Waals surface area contributed by atoms with Gasteiger partial charge in [0, 0.05) is 38.3 Å². The molecule has 1 N–H and O–H groups in total. The minimum Gasteiger partial charge on any atom is -0.302 e. The van der Waals surface area contributed by atoms with E-state index in [1.54, 1.807) is 11.3 Å². The summed E-state index contributed by atoms with van der Waals surface area (Å²) in [5.41, 5.74) is 4.11. The molecule has 0 spiro atoms. The van der Waals surface area contributed by atoms with Crippen LogP contribution in [-0.4, -0.2) is 31.4 Å². The molecule has 0 radical (unpaired) electrons. The number of nitrogens with one attached hydrogen (secondary N) is 1. The van der Waals surface area contributed by atoms with E-state index in [4.69, 9.17) is 11.6 Å². The first-order valence-electron chi connectivity index (χ1n) is 10.1. The third-order valence-corrected chi connectivity index (χ3v) is 7.90. The molecule has 0 fully saturated rings. The molecule has 0 bridgehead atoms. The number of benzene rings is 1. The maximum absolute atomic E-state index is 12.5. The number of rotatable bonds is 8. The quantitative estimate of drug-likeness (QED) is 0.276. The number of nitrogens with zero attached hydrogens (tertiary/aromatic N) is 4. The van der Waals surface area contributed by atoms with E-state index in [0.29, 0.717) is 10.2 Å². The zero-order chi connectivity index (χ0) is 22.7. The van der Waals surface area contributed by atoms with Crippen molar-refractivity contribution in [2.45, 2.75) is 38.9 Å². The van der Waals surface area contributed by atoms with E-state index in [9.17, 15) is 4.79 Å². The molecule has 0 saturated heterocycles. The summed E-state index contributed by atoms with van der Waals surface area (Å²) in [6.07, 6.45) is 0.958. The number of carbonyl (C=O) groups excluding carboxylic acids is 1. The first-order chi connectivity index (χ1) is 15.5. The molecule has 0 atom stereocenters. The lowest BCUT2D eigenvalue weighted by Gasteiger charge is -2.08. The summed E-state index contributed by atoms with van der Waals surface area (Å²) < 4.78 is 2.11. The van der Waals surface area contributed by atoms with Crippen LogP contribution in [0.25, 0.3) is 22.6 Å². The van der Waals surface area contributed by atoms with Crippen molar-refractivity contribution in [1.82, 2.24) is 19.7 Å². The number of carbonyl (C=O) groups is 1. The molecule has 166 valence electrons. The van der Waals surface area contributed by atoms with Crippen LogP contribution in [0, 0.1) is 13.8 Å². The maximum atomic E-state index is 12.5. The molecule has 4 aromatic rings. The molecule has 1 aromatic carbocycles. The molecule has 1 amide bonds. The molecule has 3 heterocycles. The molecule has 6 nitrogen and oxygen atoms in total. The van der Waals surface area contributed by atoms with Gasteiger partial charge in [0.25, 0.3) is 0 Å². The van der Waals surface area contributed by atoms with Crippen molar-refractivity contribution in [1.29, 1.82) is 0 Å². The van der Waals surface area contributed by atoms with Crippen molar-refractivity contribution in [2.24, 2.45) is 0 Å². The van der Waals surface area contributed by atoms with Crippen LogP contribution in [0.5, 0.6) is 0 Å². The second-order valence-corrected chi connectivity index (χ2v) is 10.5. The van der Waals surface area contributed by atoms with Crippen LogP contribution >= 0.6 is 46.0 Å². The summed E-state index contributed by atoms with van der Waals surface area (Å²) in [4.78, 5) is 18.3. The fourth-order valence-corrected chi connectivity index (χ4v) is 5.61. The number of thioether (sulfide) groups is 1. The molecule has 0 aliphatic rings. The van der Waals surface area contributed by atoms with Crippen molar-refractivity contribution in [3.8, 4) is 22.6 Å². The molecule has 3 aromatic heterocycles. The van der Waals surface area contributed by atoms with Gasteiger partial charge in [-0.2, -0.15) is 0 Å². The van der Waals surface area contributed by atoms with E-state index in [2.05, 4.69) is 51.2 Å². The normalized spacial score (nSPS) is 11.1. The van der Waals surface area contributed by atoms with E-state index >= 15 is 0 Å². The Morgan fingerprint density at radius 3 is 2.62 bits per heavy atom. The van der Waals surface area contributed by atoms with Gasteiger partial charge in [0.15, 0.2) is 16.1 Å². The third-order valence-electron chi connectivity index (χ3n) is 4.91. The van der Waals surface area contributed by atoms with Gasteiger partial charge in [0.1, 0.15) is 0 Å². The predicted molar refractivity (Wildman–Crippen MR) is 135 cm³/mol. The highest BCUT2D eigenvalue weighted by Crippen LogP contribution is 2.32. The van der Waals surface area contributed by atoms with Crippen LogP contribution in [0.2, 0.25) is 5.02 Å². The Kier molecular flexibility index (Phi) is 7.30. The van der Waals surface area contributed by atoms with E-state index in [1.807, 2.05) is 29.6 Å². The molecule has 0 saturated carbocycles. The molecular formula is C22H22ClN5OS3. The molecule has 32 heavy (non-hydrogen) atoms. The topological polar surface area (TPSA) is 72.7 Å². The Hall–Kier alpha value is -2.20. The van der Waals surface area contributed by atoms with Crippen LogP contribution in [0.15, 0.2) is 40.2 Å². The number of halogens is 1. The van der Waals surface area contributed by atoms with Gasteiger partial charge in [-0.15, -0.1) is 32.9 Å². The van der Waals surface area contributed by atoms with Gasteiger partial charge in [-0.25, -0.2) is 4.98 Å². The zero-order valence-corrected chi connectivity index (χ0v) is 21.1. The highest BCUT2D eigenvalue weighted by molar-refractivity contribution is 7.99. The second-order valence-electron chi connectivity index (χ2n) is 7.17. The lowest BCUT2D eigenvalue weighted by Crippen LogP contribution is -2.14. The number of aryl methyl sites for hydroxylation is 1. The first-order valence-corrected chi connectivity index (χ1v) is 13.2. The zero-order valence-electron chi connectivity index (χ0n) is 17.9. The summed E-state index contributed by atoms with van der Waals surface area (Å²) in [6, 6.07) is 7.47. The van der Waals surface area contributed by atoms with E-state index in [-0.39, 0.29) is 11.7 Å². The van der Waals surface area contributed by atoms with Gasteiger partial charge >= 0.3 is 0 Å². The Balaban J connectivity index is 1.42. The second kappa shape index (κ2) is 10.2. The first kappa shape index (κ1) is 23.0. The van der Waals surface area contributed by atoms with Gasteiger partial charge in [0.05, 0.1) is 11.4 Å². The van der Waals surface area contributed by atoms with E-state index in [1.165, 1.54) is 33.5 Å². The summed E-state index contributed by atoms with van der Waals surface area (Å²) in [6.45, 7) is 7.15. The average Bonchev–Trinajstić information content (AvgIpc) is 3.48. The Bertz CT molecular complexity index is 1230. The van der Waals surface area contributed by atoms with Crippen molar-refractivity contribution in [2.75, 3.05) is 11.1 Å². The van der Waals surface area contributed by atoms with Crippen LogP contribution in [0.3, 0.4) is 0 Å². The Morgan fingerprint density at radius 2 is 1.94 bits per heavy atom. The van der Waals surface area contributed by atoms with E-state index in [0.717, 1.165) is 40.8 Å². The highest BCUT2D eigenvalue weighted by Gasteiger charge is 2.18. The minimum atomic E-state index is -0.123. The summed E-state index contributed by atoms with van der Waals surface area (Å²) in [5.74, 6) is 0.977. The summed E-state index contributed by atoms with van der Waals surface area (Å²) in [5, 5.41) is 17.7. The molecule has 0 aliphatic heterocycles. The van der Waals surface area contributed by atoms with Gasteiger partial charge < -0.3 is 9.88 Å². The summed E-state index contributed by atoms with van der Waals surface area (Å²) in [7, 11) is 0. The Morgan fingerprint density at radius 1 is 1.16 bits per heavy atom. The molecule has 0 aliphatic carbocycles. The fourth-order valence-electron chi connectivity index (χ4n) is 3.12. The average molecular weight is 504 g/mol. The number of amides is 1. The third kappa shape index (κ3) is 5.06. The van der Waals surface area contributed by atoms with Gasteiger partial charge in [0.2, 0.25) is 5.91 Å². The number of hydrogen-bond acceptors (Lipinski definition) is 7. The van der Waals surface area contributed by atoms with Gasteiger partial charge in [-0.1, -0.05) is 42.4 Å². The predicted octanol–water partition coefficient (Wildman–Crippen LogP) is 6.54. The lowest BCUT2D eigenvalue weighted by atomic mass is 10.1. The fraction of sp³-hybridized carbons (Fsp3) is 0.273.